The highest BCUT2D eigenvalue weighted by Gasteiger charge is 2.14. The minimum Gasteiger partial charge on any atom is -0.507 e. The minimum atomic E-state index is -0.307. The standard InChI is InChI=1S/C23H19N3O3S/c1-13-4-3-5-15(10-13)21(28)26-23(30)24-16-7-8-17(19(27)12-16)22-25-18-9-6-14(2)11-20(18)29-22/h3-12,27H,1-2H3,(H2,24,26,28,30). The van der Waals surface area contributed by atoms with Gasteiger partial charge in [0.15, 0.2) is 10.7 Å². The summed E-state index contributed by atoms with van der Waals surface area (Å²) in [6.45, 7) is 3.88. The molecule has 6 nitrogen and oxygen atoms in total. The molecule has 0 unspecified atom stereocenters. The van der Waals surface area contributed by atoms with Gasteiger partial charge in [0.25, 0.3) is 5.91 Å². The number of carbonyl (C=O) groups is 1. The maximum absolute atomic E-state index is 12.3. The van der Waals surface area contributed by atoms with Crippen LogP contribution in [0.15, 0.2) is 65.1 Å². The third kappa shape index (κ3) is 4.16. The Morgan fingerprint density at radius 2 is 1.83 bits per heavy atom. The largest absolute Gasteiger partial charge is 0.507 e. The highest BCUT2D eigenvalue weighted by atomic mass is 32.1. The van der Waals surface area contributed by atoms with Crippen molar-refractivity contribution < 1.29 is 14.3 Å². The highest BCUT2D eigenvalue weighted by Crippen LogP contribution is 2.33. The zero-order chi connectivity index (χ0) is 21.3. The molecule has 0 bridgehead atoms. The van der Waals surface area contributed by atoms with Crippen LogP contribution >= 0.6 is 12.2 Å². The van der Waals surface area contributed by atoms with Crippen molar-refractivity contribution in [3.8, 4) is 17.2 Å². The molecule has 4 rings (SSSR count). The van der Waals surface area contributed by atoms with Crippen molar-refractivity contribution in [2.75, 3.05) is 5.32 Å². The number of thiocarbonyl (C=S) groups is 1. The van der Waals surface area contributed by atoms with Gasteiger partial charge in [0.1, 0.15) is 11.3 Å². The van der Waals surface area contributed by atoms with Crippen LogP contribution in [-0.2, 0) is 0 Å². The zero-order valence-electron chi connectivity index (χ0n) is 16.4. The molecule has 30 heavy (non-hydrogen) atoms. The lowest BCUT2D eigenvalue weighted by molar-refractivity contribution is 0.0977. The number of nitrogens with one attached hydrogen (secondary N) is 2. The van der Waals surface area contributed by atoms with Gasteiger partial charge in [0, 0.05) is 17.3 Å². The zero-order valence-corrected chi connectivity index (χ0v) is 17.2. The first kappa shape index (κ1) is 19.6. The quantitative estimate of drug-likeness (QED) is 0.409. The summed E-state index contributed by atoms with van der Waals surface area (Å²) < 4.78 is 5.77. The monoisotopic (exact) mass is 417 g/mol. The minimum absolute atomic E-state index is 0.0175. The second kappa shape index (κ2) is 7.96. The van der Waals surface area contributed by atoms with Crippen molar-refractivity contribution >= 4 is 40.0 Å². The molecule has 1 aromatic heterocycles. The number of phenols is 1. The molecule has 0 spiro atoms. The van der Waals surface area contributed by atoms with Crippen LogP contribution in [0.25, 0.3) is 22.6 Å². The maximum Gasteiger partial charge on any atom is 0.257 e. The van der Waals surface area contributed by atoms with Gasteiger partial charge < -0.3 is 14.8 Å². The van der Waals surface area contributed by atoms with Crippen LogP contribution in [0.2, 0.25) is 0 Å². The van der Waals surface area contributed by atoms with Crippen molar-refractivity contribution in [1.82, 2.24) is 10.3 Å². The van der Waals surface area contributed by atoms with Crippen molar-refractivity contribution in [2.24, 2.45) is 0 Å². The normalized spacial score (nSPS) is 10.7. The third-order valence-electron chi connectivity index (χ3n) is 4.54. The molecule has 150 valence electrons. The molecule has 1 heterocycles. The van der Waals surface area contributed by atoms with E-state index in [0.717, 1.165) is 16.6 Å². The van der Waals surface area contributed by atoms with Gasteiger partial charge in [-0.15, -0.1) is 0 Å². The number of hydrogen-bond donors (Lipinski definition) is 3. The fourth-order valence-corrected chi connectivity index (χ4v) is 3.27. The maximum atomic E-state index is 12.3. The summed E-state index contributed by atoms with van der Waals surface area (Å²) >= 11 is 5.21. The van der Waals surface area contributed by atoms with E-state index < -0.39 is 0 Å². The molecule has 1 amide bonds. The number of amides is 1. The number of aryl methyl sites for hydroxylation is 2. The van der Waals surface area contributed by atoms with Gasteiger partial charge in [0.2, 0.25) is 5.89 Å². The Balaban J connectivity index is 1.48. The molecule has 0 aliphatic carbocycles. The molecule has 0 saturated carbocycles. The van der Waals surface area contributed by atoms with Gasteiger partial charge in [-0.05, 0) is 68.0 Å². The summed E-state index contributed by atoms with van der Waals surface area (Å²) in [7, 11) is 0. The Bertz CT molecular complexity index is 1280. The number of fused-ring (bicyclic) bond motifs is 1. The first-order valence-corrected chi connectivity index (χ1v) is 9.69. The van der Waals surface area contributed by atoms with Crippen LogP contribution < -0.4 is 10.6 Å². The average Bonchev–Trinajstić information content (AvgIpc) is 3.10. The smallest absolute Gasteiger partial charge is 0.257 e. The number of nitrogens with zero attached hydrogens (tertiary/aromatic N) is 1. The van der Waals surface area contributed by atoms with Crippen LogP contribution in [0.4, 0.5) is 5.69 Å². The molecule has 0 saturated heterocycles. The predicted octanol–water partition coefficient (Wildman–Crippen LogP) is 4.94. The Morgan fingerprint density at radius 3 is 2.60 bits per heavy atom. The van der Waals surface area contributed by atoms with E-state index in [-0.39, 0.29) is 16.8 Å². The topological polar surface area (TPSA) is 87.4 Å². The Hall–Kier alpha value is -3.71. The lowest BCUT2D eigenvalue weighted by atomic mass is 10.1. The van der Waals surface area contributed by atoms with Gasteiger partial charge in [-0.2, -0.15) is 0 Å². The summed E-state index contributed by atoms with van der Waals surface area (Å²) in [6, 6.07) is 17.8. The summed E-state index contributed by atoms with van der Waals surface area (Å²) in [5.74, 6) is 0.00452. The summed E-state index contributed by atoms with van der Waals surface area (Å²) in [6.07, 6.45) is 0. The SMILES string of the molecule is Cc1cccc(C(=O)NC(=S)Nc2ccc(-c3nc4ccc(C)cc4o3)c(O)c2)c1. The third-order valence-corrected chi connectivity index (χ3v) is 4.74. The van der Waals surface area contributed by atoms with Crippen molar-refractivity contribution in [1.29, 1.82) is 0 Å². The molecule has 0 aliphatic heterocycles. The second-order valence-corrected chi connectivity index (χ2v) is 7.41. The van der Waals surface area contributed by atoms with Gasteiger partial charge in [-0.1, -0.05) is 23.8 Å². The highest BCUT2D eigenvalue weighted by molar-refractivity contribution is 7.80. The number of oxazole rings is 1. The molecule has 0 radical (unpaired) electrons. The van der Waals surface area contributed by atoms with Gasteiger partial charge in [-0.25, -0.2) is 4.98 Å². The molecule has 3 aromatic carbocycles. The van der Waals surface area contributed by atoms with E-state index in [1.54, 1.807) is 24.3 Å². The van der Waals surface area contributed by atoms with Gasteiger partial charge >= 0.3 is 0 Å². The lowest BCUT2D eigenvalue weighted by Crippen LogP contribution is -2.34. The number of benzene rings is 3. The van der Waals surface area contributed by atoms with E-state index in [1.807, 2.05) is 44.2 Å². The number of rotatable bonds is 3. The Labute approximate surface area is 178 Å². The molecule has 7 heteroatoms. The second-order valence-electron chi connectivity index (χ2n) is 7.00. The van der Waals surface area contributed by atoms with E-state index in [1.165, 1.54) is 6.07 Å². The molecular weight excluding hydrogens is 398 g/mol. The lowest BCUT2D eigenvalue weighted by Gasteiger charge is -2.11. The van der Waals surface area contributed by atoms with Crippen LogP contribution in [-0.4, -0.2) is 21.1 Å². The predicted molar refractivity (Wildman–Crippen MR) is 121 cm³/mol. The molecule has 3 N–H and O–H groups in total. The van der Waals surface area contributed by atoms with E-state index in [0.29, 0.717) is 28.3 Å². The number of carbonyl (C=O) groups excluding carboxylic acids is 1. The molecule has 4 aromatic rings. The first-order chi connectivity index (χ1) is 14.4. The number of aromatic nitrogens is 1. The van der Waals surface area contributed by atoms with Gasteiger partial charge in [0.05, 0.1) is 5.56 Å². The van der Waals surface area contributed by atoms with Crippen LogP contribution in [0.1, 0.15) is 21.5 Å². The van der Waals surface area contributed by atoms with E-state index in [4.69, 9.17) is 16.6 Å². The fraction of sp³-hybridized carbons (Fsp3) is 0.0870. The van der Waals surface area contributed by atoms with E-state index >= 15 is 0 Å². The molecule has 0 fully saturated rings. The van der Waals surface area contributed by atoms with Gasteiger partial charge in [-0.3, -0.25) is 10.1 Å². The average molecular weight is 417 g/mol. The van der Waals surface area contributed by atoms with E-state index in [2.05, 4.69) is 15.6 Å². The van der Waals surface area contributed by atoms with E-state index in [9.17, 15) is 9.90 Å². The van der Waals surface area contributed by atoms with Crippen LogP contribution in [0.5, 0.6) is 5.75 Å². The molecular formula is C23H19N3O3S. The van der Waals surface area contributed by atoms with Crippen LogP contribution in [0, 0.1) is 13.8 Å². The molecule has 0 aliphatic rings. The van der Waals surface area contributed by atoms with Crippen LogP contribution in [0.3, 0.4) is 0 Å². The van der Waals surface area contributed by atoms with Crippen molar-refractivity contribution in [3.63, 3.8) is 0 Å². The fourth-order valence-electron chi connectivity index (χ4n) is 3.06. The first-order valence-electron chi connectivity index (χ1n) is 9.28. The number of aromatic hydroxyl groups is 1. The summed E-state index contributed by atoms with van der Waals surface area (Å²) in [4.78, 5) is 16.7. The number of hydrogen-bond acceptors (Lipinski definition) is 5. The van der Waals surface area contributed by atoms with Crippen molar-refractivity contribution in [3.05, 3.63) is 77.4 Å². The Kier molecular flexibility index (Phi) is 5.20. The summed E-state index contributed by atoms with van der Waals surface area (Å²) in [5.41, 5.74) is 4.93. The number of anilines is 1. The molecule has 0 atom stereocenters. The summed E-state index contributed by atoms with van der Waals surface area (Å²) in [5, 5.41) is 16.1. The Morgan fingerprint density at radius 1 is 1.03 bits per heavy atom. The number of phenolic OH excluding ortho intramolecular Hbond substituents is 1. The van der Waals surface area contributed by atoms with Crippen molar-refractivity contribution in [2.45, 2.75) is 13.8 Å².